The minimum atomic E-state index is -4.46. The highest BCUT2D eigenvalue weighted by Gasteiger charge is 2.30. The summed E-state index contributed by atoms with van der Waals surface area (Å²) < 4.78 is 38.2. The number of hydrogen-bond acceptors (Lipinski definition) is 5. The molecule has 2 amide bonds. The van der Waals surface area contributed by atoms with Gasteiger partial charge in [0.2, 0.25) is 0 Å². The fraction of sp³-hybridized carbons (Fsp3) is 0.185. The number of aromatic nitrogens is 3. The van der Waals surface area contributed by atoms with Crippen LogP contribution in [0.5, 0.6) is 0 Å². The van der Waals surface area contributed by atoms with Gasteiger partial charge in [-0.25, -0.2) is 4.79 Å². The fourth-order valence-corrected chi connectivity index (χ4v) is 3.82. The molecule has 0 spiro atoms. The van der Waals surface area contributed by atoms with Gasteiger partial charge in [0, 0.05) is 53.8 Å². The number of H-pyrrole nitrogens is 1. The smallest absolute Gasteiger partial charge is 0.396 e. The second kappa shape index (κ2) is 11.7. The summed E-state index contributed by atoms with van der Waals surface area (Å²) in [4.78, 5) is 28.8. The zero-order valence-corrected chi connectivity index (χ0v) is 20.0. The van der Waals surface area contributed by atoms with E-state index in [0.717, 1.165) is 28.8 Å². The molecule has 8 nitrogen and oxygen atoms in total. The number of benzene rings is 2. The van der Waals surface area contributed by atoms with E-state index in [-0.39, 0.29) is 30.9 Å². The molecule has 0 radical (unpaired) electrons. The largest absolute Gasteiger partial charge is 0.416 e. The molecule has 4 rings (SSSR count). The van der Waals surface area contributed by atoms with Gasteiger partial charge in [-0.1, -0.05) is 12.1 Å². The molecule has 38 heavy (non-hydrogen) atoms. The van der Waals surface area contributed by atoms with E-state index in [1.807, 2.05) is 12.1 Å². The van der Waals surface area contributed by atoms with Crippen LogP contribution in [0.3, 0.4) is 0 Å². The number of pyridine rings is 1. The SMILES string of the molecule is O=C(CCCO)Cc1cc(-c2cn[nH]c2-c2cccc(NC(=O)Nc3ccc(C(F)(F)F)cc3)c2)ccn1. The fourth-order valence-electron chi connectivity index (χ4n) is 3.82. The molecule has 2 aromatic heterocycles. The molecule has 0 saturated heterocycles. The van der Waals surface area contributed by atoms with Crippen molar-refractivity contribution in [2.24, 2.45) is 0 Å². The number of amides is 2. The number of alkyl halides is 3. The van der Waals surface area contributed by atoms with Crippen LogP contribution in [0.1, 0.15) is 24.1 Å². The Hall–Kier alpha value is -4.51. The molecule has 0 saturated carbocycles. The predicted molar refractivity (Wildman–Crippen MR) is 136 cm³/mol. The number of Topliss-reactive ketones (excluding diaryl/α,β-unsaturated/α-hetero) is 1. The van der Waals surface area contributed by atoms with E-state index in [2.05, 4.69) is 25.8 Å². The van der Waals surface area contributed by atoms with E-state index in [1.165, 1.54) is 12.1 Å². The number of carbonyl (C=O) groups is 2. The van der Waals surface area contributed by atoms with Crippen LogP contribution < -0.4 is 10.6 Å². The Kier molecular flexibility index (Phi) is 8.17. The number of aliphatic hydroxyl groups is 1. The third-order valence-corrected chi connectivity index (χ3v) is 5.64. The number of rotatable bonds is 9. The average Bonchev–Trinajstić information content (AvgIpc) is 3.38. The van der Waals surface area contributed by atoms with E-state index in [9.17, 15) is 22.8 Å². The topological polar surface area (TPSA) is 120 Å². The number of ketones is 1. The summed E-state index contributed by atoms with van der Waals surface area (Å²) in [5, 5.41) is 21.2. The first-order valence-corrected chi connectivity index (χ1v) is 11.7. The minimum Gasteiger partial charge on any atom is -0.396 e. The summed E-state index contributed by atoms with van der Waals surface area (Å²) >= 11 is 0. The number of anilines is 2. The minimum absolute atomic E-state index is 0.00976. The lowest BCUT2D eigenvalue weighted by atomic mass is 10.0. The van der Waals surface area contributed by atoms with Crippen molar-refractivity contribution in [3.05, 3.63) is 84.3 Å². The molecule has 0 aliphatic rings. The van der Waals surface area contributed by atoms with Gasteiger partial charge >= 0.3 is 12.2 Å². The van der Waals surface area contributed by atoms with E-state index in [0.29, 0.717) is 23.5 Å². The monoisotopic (exact) mass is 523 g/mol. The Labute approximate surface area is 215 Å². The summed E-state index contributed by atoms with van der Waals surface area (Å²) in [7, 11) is 0. The van der Waals surface area contributed by atoms with E-state index in [1.54, 1.807) is 36.7 Å². The maximum Gasteiger partial charge on any atom is 0.416 e. The molecule has 0 unspecified atom stereocenters. The molecule has 4 aromatic rings. The van der Waals surface area contributed by atoms with Crippen molar-refractivity contribution in [3.8, 4) is 22.4 Å². The third-order valence-electron chi connectivity index (χ3n) is 5.64. The van der Waals surface area contributed by atoms with Crippen molar-refractivity contribution in [3.63, 3.8) is 0 Å². The van der Waals surface area contributed by atoms with Gasteiger partial charge in [-0.05, 0) is 60.5 Å². The third kappa shape index (κ3) is 6.83. The molecule has 0 bridgehead atoms. The van der Waals surface area contributed by atoms with Crippen molar-refractivity contribution in [2.45, 2.75) is 25.4 Å². The second-order valence-corrected chi connectivity index (χ2v) is 8.47. The number of aromatic amines is 1. The summed E-state index contributed by atoms with van der Waals surface area (Å²) in [6.45, 7) is -0.0395. The lowest BCUT2D eigenvalue weighted by Crippen LogP contribution is -2.19. The molecule has 11 heteroatoms. The van der Waals surface area contributed by atoms with Crippen LogP contribution in [0, 0.1) is 0 Å². The number of aliphatic hydroxyl groups excluding tert-OH is 1. The van der Waals surface area contributed by atoms with Gasteiger partial charge in [0.25, 0.3) is 0 Å². The van der Waals surface area contributed by atoms with Crippen molar-refractivity contribution in [2.75, 3.05) is 17.2 Å². The van der Waals surface area contributed by atoms with Crippen LogP contribution >= 0.6 is 0 Å². The quantitative estimate of drug-likeness (QED) is 0.225. The van der Waals surface area contributed by atoms with Crippen molar-refractivity contribution in [1.29, 1.82) is 0 Å². The van der Waals surface area contributed by atoms with Gasteiger partial charge < -0.3 is 15.7 Å². The molecule has 196 valence electrons. The van der Waals surface area contributed by atoms with Crippen LogP contribution in [0.2, 0.25) is 0 Å². The van der Waals surface area contributed by atoms with Crippen LogP contribution in [-0.2, 0) is 17.4 Å². The van der Waals surface area contributed by atoms with Gasteiger partial charge in [0.15, 0.2) is 0 Å². The number of carbonyl (C=O) groups excluding carboxylic acids is 2. The average molecular weight is 524 g/mol. The van der Waals surface area contributed by atoms with Crippen LogP contribution in [-0.4, -0.2) is 38.7 Å². The highest BCUT2D eigenvalue weighted by atomic mass is 19.4. The number of nitrogens with zero attached hydrogens (tertiary/aromatic N) is 2. The van der Waals surface area contributed by atoms with Gasteiger partial charge in [0.1, 0.15) is 5.78 Å². The second-order valence-electron chi connectivity index (χ2n) is 8.47. The molecule has 0 atom stereocenters. The molecular formula is C27H24F3N5O3. The van der Waals surface area contributed by atoms with Crippen LogP contribution in [0.4, 0.5) is 29.3 Å². The molecule has 0 aliphatic carbocycles. The standard InChI is InChI=1S/C27H24F3N5O3/c28-27(29,30)19-6-8-20(9-7-19)33-26(38)34-21-4-1-3-18(14-21)25-24(16-32-35-25)17-10-11-31-22(13-17)15-23(37)5-2-12-36/h1,3-4,6-11,13-14,16,36H,2,5,12,15H2,(H,32,35)(H2,33,34,38). The van der Waals surface area contributed by atoms with E-state index in [4.69, 9.17) is 5.11 Å². The maximum atomic E-state index is 12.7. The van der Waals surface area contributed by atoms with Gasteiger partial charge in [-0.3, -0.25) is 14.9 Å². The van der Waals surface area contributed by atoms with Crippen LogP contribution in [0.25, 0.3) is 22.4 Å². The lowest BCUT2D eigenvalue weighted by Gasteiger charge is -2.11. The predicted octanol–water partition coefficient (Wildman–Crippen LogP) is 5.69. The first kappa shape index (κ1) is 26.6. The summed E-state index contributed by atoms with van der Waals surface area (Å²) in [6.07, 6.45) is -0.330. The zero-order chi connectivity index (χ0) is 27.1. The first-order chi connectivity index (χ1) is 18.2. The molecule has 2 aromatic carbocycles. The first-order valence-electron chi connectivity index (χ1n) is 11.7. The van der Waals surface area contributed by atoms with Crippen molar-refractivity contribution < 1.29 is 27.9 Å². The lowest BCUT2D eigenvalue weighted by molar-refractivity contribution is -0.137. The molecule has 2 heterocycles. The number of nitrogens with one attached hydrogen (secondary N) is 3. The molecule has 0 fully saturated rings. The highest BCUT2D eigenvalue weighted by molar-refractivity contribution is 6.00. The summed E-state index contributed by atoms with van der Waals surface area (Å²) in [5.41, 5.74) is 3.44. The highest BCUT2D eigenvalue weighted by Crippen LogP contribution is 2.32. The number of hydrogen-bond donors (Lipinski definition) is 4. The summed E-state index contributed by atoms with van der Waals surface area (Å²) in [6, 6.07) is 14.1. The molecule has 4 N–H and O–H groups in total. The Morgan fingerprint density at radius 3 is 2.45 bits per heavy atom. The Morgan fingerprint density at radius 1 is 0.947 bits per heavy atom. The van der Waals surface area contributed by atoms with Crippen molar-refractivity contribution in [1.82, 2.24) is 15.2 Å². The van der Waals surface area contributed by atoms with Crippen LogP contribution in [0.15, 0.2) is 73.1 Å². The Balaban J connectivity index is 1.47. The number of urea groups is 1. The molecule has 0 aliphatic heterocycles. The van der Waals surface area contributed by atoms with Crippen molar-refractivity contribution >= 4 is 23.2 Å². The Bertz CT molecular complexity index is 1420. The van der Waals surface area contributed by atoms with Gasteiger partial charge in [-0.15, -0.1) is 0 Å². The number of halogens is 3. The van der Waals surface area contributed by atoms with Gasteiger partial charge in [0.05, 0.1) is 17.5 Å². The normalized spacial score (nSPS) is 11.3. The summed E-state index contributed by atoms with van der Waals surface area (Å²) in [5.74, 6) is -0.00976. The molecular weight excluding hydrogens is 499 g/mol. The van der Waals surface area contributed by atoms with E-state index >= 15 is 0 Å². The maximum absolute atomic E-state index is 12.7. The Morgan fingerprint density at radius 2 is 1.71 bits per heavy atom. The zero-order valence-electron chi connectivity index (χ0n) is 20.0. The van der Waals surface area contributed by atoms with Gasteiger partial charge in [-0.2, -0.15) is 18.3 Å². The van der Waals surface area contributed by atoms with E-state index < -0.39 is 17.8 Å².